The molecular weight excluding hydrogens is 276 g/mol. The largest absolute Gasteiger partial charge is 0.348 e. The number of sulfone groups is 1. The Morgan fingerprint density at radius 3 is 2.90 bits per heavy atom. The van der Waals surface area contributed by atoms with Crippen molar-refractivity contribution in [2.75, 3.05) is 19.3 Å². The van der Waals surface area contributed by atoms with Crippen LogP contribution in [0.3, 0.4) is 0 Å². The van der Waals surface area contributed by atoms with Crippen LogP contribution >= 0.6 is 0 Å². The maximum atomic E-state index is 12.1. The van der Waals surface area contributed by atoms with Crippen molar-refractivity contribution in [1.82, 2.24) is 10.6 Å². The zero-order chi connectivity index (χ0) is 14.6. The van der Waals surface area contributed by atoms with Crippen LogP contribution in [0.4, 0.5) is 0 Å². The van der Waals surface area contributed by atoms with Crippen molar-refractivity contribution in [3.8, 4) is 0 Å². The second-order valence-corrected chi connectivity index (χ2v) is 7.43. The van der Waals surface area contributed by atoms with Gasteiger partial charge >= 0.3 is 0 Å². The van der Waals surface area contributed by atoms with Crippen molar-refractivity contribution in [3.05, 3.63) is 35.4 Å². The van der Waals surface area contributed by atoms with Gasteiger partial charge in [-0.15, -0.1) is 0 Å². The van der Waals surface area contributed by atoms with E-state index in [1.54, 1.807) is 24.3 Å². The minimum absolute atomic E-state index is 0.0426. The standard InChI is InChI=1S/C14H20N2O3S/c1-20(18,19)10-11-4-2-5-12(8-11)14(17)16-13-6-3-7-15-9-13/h2,4-5,8,13,15H,3,6-7,9-10H2,1H3,(H,16,17)/t13-/m0/s1. The van der Waals surface area contributed by atoms with E-state index in [1.165, 1.54) is 6.26 Å². The van der Waals surface area contributed by atoms with E-state index in [1.807, 2.05) is 0 Å². The monoisotopic (exact) mass is 296 g/mol. The van der Waals surface area contributed by atoms with Gasteiger partial charge in [0.15, 0.2) is 9.84 Å². The van der Waals surface area contributed by atoms with Crippen molar-refractivity contribution in [1.29, 1.82) is 0 Å². The second kappa shape index (κ2) is 6.37. The molecule has 2 N–H and O–H groups in total. The minimum Gasteiger partial charge on any atom is -0.348 e. The van der Waals surface area contributed by atoms with Gasteiger partial charge in [0, 0.05) is 24.4 Å². The molecule has 0 bridgehead atoms. The van der Waals surface area contributed by atoms with E-state index in [2.05, 4.69) is 10.6 Å². The molecule has 20 heavy (non-hydrogen) atoms. The van der Waals surface area contributed by atoms with E-state index in [0.29, 0.717) is 11.1 Å². The van der Waals surface area contributed by atoms with Crippen molar-refractivity contribution >= 4 is 15.7 Å². The van der Waals surface area contributed by atoms with Gasteiger partial charge in [-0.2, -0.15) is 0 Å². The summed E-state index contributed by atoms with van der Waals surface area (Å²) in [6.07, 6.45) is 3.22. The molecule has 0 unspecified atom stereocenters. The van der Waals surface area contributed by atoms with Gasteiger partial charge in [-0.3, -0.25) is 4.79 Å². The third kappa shape index (κ3) is 4.61. The third-order valence-corrected chi connectivity index (χ3v) is 4.11. The first-order valence-corrected chi connectivity index (χ1v) is 8.78. The number of hydrogen-bond donors (Lipinski definition) is 2. The second-order valence-electron chi connectivity index (χ2n) is 5.29. The fraction of sp³-hybridized carbons (Fsp3) is 0.500. The zero-order valence-corrected chi connectivity index (χ0v) is 12.4. The highest BCUT2D eigenvalue weighted by atomic mass is 32.2. The highest BCUT2D eigenvalue weighted by Gasteiger charge is 2.16. The summed E-state index contributed by atoms with van der Waals surface area (Å²) in [5, 5.41) is 6.21. The smallest absolute Gasteiger partial charge is 0.251 e. The van der Waals surface area contributed by atoms with Gasteiger partial charge in [0.25, 0.3) is 5.91 Å². The van der Waals surface area contributed by atoms with Crippen LogP contribution in [0.1, 0.15) is 28.8 Å². The fourth-order valence-corrected chi connectivity index (χ4v) is 3.13. The number of hydrogen-bond acceptors (Lipinski definition) is 4. The normalized spacial score (nSPS) is 19.6. The van der Waals surface area contributed by atoms with E-state index < -0.39 is 9.84 Å². The summed E-state index contributed by atoms with van der Waals surface area (Å²) in [4.78, 5) is 12.1. The molecule has 1 atom stereocenters. The van der Waals surface area contributed by atoms with Gasteiger partial charge in [0.1, 0.15) is 0 Å². The lowest BCUT2D eigenvalue weighted by atomic mass is 10.1. The number of rotatable bonds is 4. The molecule has 1 aromatic rings. The Balaban J connectivity index is 2.04. The molecular formula is C14H20N2O3S. The summed E-state index contributed by atoms with van der Waals surface area (Å²) in [5.41, 5.74) is 1.15. The van der Waals surface area contributed by atoms with Gasteiger partial charge in [-0.05, 0) is 37.1 Å². The molecule has 0 spiro atoms. The lowest BCUT2D eigenvalue weighted by Crippen LogP contribution is -2.45. The summed E-state index contributed by atoms with van der Waals surface area (Å²) in [6, 6.07) is 6.94. The summed E-state index contributed by atoms with van der Waals surface area (Å²) in [5.74, 6) is -0.187. The zero-order valence-electron chi connectivity index (χ0n) is 11.6. The van der Waals surface area contributed by atoms with Crippen LogP contribution in [-0.4, -0.2) is 39.7 Å². The quantitative estimate of drug-likeness (QED) is 0.858. The van der Waals surface area contributed by atoms with Crippen LogP contribution in [-0.2, 0) is 15.6 Å². The Bertz CT molecular complexity index is 578. The molecule has 1 heterocycles. The third-order valence-electron chi connectivity index (χ3n) is 3.25. The van der Waals surface area contributed by atoms with Crippen molar-refractivity contribution in [2.45, 2.75) is 24.6 Å². The van der Waals surface area contributed by atoms with Crippen LogP contribution in [0.15, 0.2) is 24.3 Å². The first-order chi connectivity index (χ1) is 9.44. The molecule has 0 radical (unpaired) electrons. The molecule has 1 saturated heterocycles. The highest BCUT2D eigenvalue weighted by Crippen LogP contribution is 2.10. The number of benzene rings is 1. The number of amides is 1. The first-order valence-electron chi connectivity index (χ1n) is 6.72. The van der Waals surface area contributed by atoms with Crippen molar-refractivity contribution < 1.29 is 13.2 Å². The number of piperidine rings is 1. The molecule has 1 aliphatic rings. The number of carbonyl (C=O) groups is 1. The summed E-state index contributed by atoms with van der Waals surface area (Å²) < 4.78 is 22.6. The van der Waals surface area contributed by atoms with Crippen LogP contribution in [0.2, 0.25) is 0 Å². The predicted molar refractivity (Wildman–Crippen MR) is 78.3 cm³/mol. The fourth-order valence-electron chi connectivity index (χ4n) is 2.35. The Labute approximate surface area is 119 Å². The SMILES string of the molecule is CS(=O)(=O)Cc1cccc(C(=O)N[C@H]2CCCNC2)c1. The van der Waals surface area contributed by atoms with E-state index >= 15 is 0 Å². The van der Waals surface area contributed by atoms with E-state index in [9.17, 15) is 13.2 Å². The van der Waals surface area contributed by atoms with Gasteiger partial charge in [-0.1, -0.05) is 12.1 Å². The Morgan fingerprint density at radius 1 is 1.45 bits per heavy atom. The Kier molecular flexibility index (Phi) is 4.77. The lowest BCUT2D eigenvalue weighted by molar-refractivity contribution is 0.0930. The van der Waals surface area contributed by atoms with Crippen molar-refractivity contribution in [3.63, 3.8) is 0 Å². The molecule has 0 saturated carbocycles. The minimum atomic E-state index is -3.09. The summed E-state index contributed by atoms with van der Waals surface area (Å²) in [6.45, 7) is 1.78. The van der Waals surface area contributed by atoms with E-state index in [0.717, 1.165) is 25.9 Å². The summed E-state index contributed by atoms with van der Waals surface area (Å²) in [7, 11) is -3.09. The van der Waals surface area contributed by atoms with Gasteiger partial charge in [0.2, 0.25) is 0 Å². The molecule has 1 aliphatic heterocycles. The van der Waals surface area contributed by atoms with Crippen LogP contribution in [0.25, 0.3) is 0 Å². The maximum absolute atomic E-state index is 12.1. The predicted octanol–water partition coefficient (Wildman–Crippen LogP) is 0.713. The molecule has 110 valence electrons. The van der Waals surface area contributed by atoms with Crippen LogP contribution in [0, 0.1) is 0 Å². The molecule has 6 heteroatoms. The average Bonchev–Trinajstić information content (AvgIpc) is 2.38. The first kappa shape index (κ1) is 15.0. The highest BCUT2D eigenvalue weighted by molar-refractivity contribution is 7.89. The number of nitrogens with one attached hydrogen (secondary N) is 2. The maximum Gasteiger partial charge on any atom is 0.251 e. The molecule has 0 aromatic heterocycles. The van der Waals surface area contributed by atoms with Crippen molar-refractivity contribution in [2.24, 2.45) is 0 Å². The molecule has 2 rings (SSSR count). The van der Waals surface area contributed by atoms with E-state index in [-0.39, 0.29) is 17.7 Å². The molecule has 1 fully saturated rings. The Morgan fingerprint density at radius 2 is 2.25 bits per heavy atom. The van der Waals surface area contributed by atoms with Crippen LogP contribution < -0.4 is 10.6 Å². The topological polar surface area (TPSA) is 75.3 Å². The Hall–Kier alpha value is -1.40. The van der Waals surface area contributed by atoms with Gasteiger partial charge in [-0.25, -0.2) is 8.42 Å². The average molecular weight is 296 g/mol. The molecule has 5 nitrogen and oxygen atoms in total. The molecule has 1 aromatic carbocycles. The summed E-state index contributed by atoms with van der Waals surface area (Å²) >= 11 is 0. The van der Waals surface area contributed by atoms with Gasteiger partial charge in [0.05, 0.1) is 5.75 Å². The van der Waals surface area contributed by atoms with E-state index in [4.69, 9.17) is 0 Å². The van der Waals surface area contributed by atoms with Crippen LogP contribution in [0.5, 0.6) is 0 Å². The lowest BCUT2D eigenvalue weighted by Gasteiger charge is -2.23. The molecule has 1 amide bonds. The van der Waals surface area contributed by atoms with Gasteiger partial charge < -0.3 is 10.6 Å². The molecule has 0 aliphatic carbocycles. The number of carbonyl (C=O) groups excluding carboxylic acids is 1.